The van der Waals surface area contributed by atoms with E-state index in [0.29, 0.717) is 11.4 Å². The third-order valence-electron chi connectivity index (χ3n) is 2.99. The van der Waals surface area contributed by atoms with E-state index >= 15 is 0 Å². The highest BCUT2D eigenvalue weighted by Crippen LogP contribution is 2.28. The molecule has 0 saturated heterocycles. The van der Waals surface area contributed by atoms with Crippen LogP contribution in [0.5, 0.6) is 0 Å². The Labute approximate surface area is 123 Å². The Morgan fingerprint density at radius 3 is 2.48 bits per heavy atom. The van der Waals surface area contributed by atoms with Crippen LogP contribution in [0.1, 0.15) is 11.4 Å². The monoisotopic (exact) mass is 307 g/mol. The molecule has 0 atom stereocenters. The van der Waals surface area contributed by atoms with Gasteiger partial charge in [0, 0.05) is 11.6 Å². The van der Waals surface area contributed by atoms with E-state index in [1.165, 1.54) is 0 Å². The number of pyridine rings is 1. The van der Waals surface area contributed by atoms with Crippen molar-refractivity contribution in [2.45, 2.75) is 13.8 Å². The molecule has 0 N–H and O–H groups in total. The van der Waals surface area contributed by atoms with E-state index < -0.39 is 11.8 Å². The van der Waals surface area contributed by atoms with E-state index in [2.05, 4.69) is 24.9 Å². The van der Waals surface area contributed by atoms with Crippen molar-refractivity contribution in [3.8, 4) is 11.3 Å². The van der Waals surface area contributed by atoms with Gasteiger partial charge in [-0.15, -0.1) is 0 Å². The fourth-order valence-corrected chi connectivity index (χ4v) is 2.03. The Bertz CT molecular complexity index is 869. The lowest BCUT2D eigenvalue weighted by atomic mass is 10.1. The number of fused-ring (bicyclic) bond motifs is 1. The molecule has 0 radical (unpaired) electrons. The second-order valence-corrected chi connectivity index (χ2v) is 4.73. The Morgan fingerprint density at radius 1 is 1.00 bits per heavy atom. The second-order valence-electron chi connectivity index (χ2n) is 4.39. The van der Waals surface area contributed by atoms with E-state index in [-0.39, 0.29) is 27.7 Å². The Hall–Kier alpha value is -2.28. The highest BCUT2D eigenvalue weighted by Gasteiger charge is 2.17. The van der Waals surface area contributed by atoms with Crippen LogP contribution in [-0.4, -0.2) is 24.9 Å². The molecule has 3 aromatic rings. The quantitative estimate of drug-likeness (QED) is 0.511. The number of rotatable bonds is 1. The van der Waals surface area contributed by atoms with Crippen LogP contribution >= 0.6 is 11.6 Å². The number of aryl methyl sites for hydroxylation is 2. The van der Waals surface area contributed by atoms with Gasteiger partial charge in [-0.3, -0.25) is 0 Å². The van der Waals surface area contributed by atoms with Crippen molar-refractivity contribution < 1.29 is 8.78 Å². The molecule has 0 fully saturated rings. The molecule has 0 spiro atoms. The number of aromatic nitrogens is 5. The first-order chi connectivity index (χ1) is 9.95. The van der Waals surface area contributed by atoms with Crippen LogP contribution in [0.25, 0.3) is 22.4 Å². The van der Waals surface area contributed by atoms with Crippen LogP contribution in [0, 0.1) is 25.6 Å². The maximum absolute atomic E-state index is 13.9. The highest BCUT2D eigenvalue weighted by molar-refractivity contribution is 6.28. The molecule has 0 unspecified atom stereocenters. The molecule has 0 amide bonds. The van der Waals surface area contributed by atoms with E-state index in [1.807, 2.05) is 0 Å². The Morgan fingerprint density at radius 2 is 1.71 bits per heavy atom. The summed E-state index contributed by atoms with van der Waals surface area (Å²) in [5.74, 6) is -1.56. The van der Waals surface area contributed by atoms with Gasteiger partial charge in [0.2, 0.25) is 11.2 Å². The van der Waals surface area contributed by atoms with Gasteiger partial charge in [0.25, 0.3) is 0 Å². The van der Waals surface area contributed by atoms with Crippen molar-refractivity contribution >= 4 is 22.8 Å². The summed E-state index contributed by atoms with van der Waals surface area (Å²) in [6, 6.07) is 0.935. The summed E-state index contributed by atoms with van der Waals surface area (Å²) in [6.07, 6.45) is 0.779. The highest BCUT2D eigenvalue weighted by atomic mass is 35.5. The minimum absolute atomic E-state index is 0.0828. The van der Waals surface area contributed by atoms with Crippen LogP contribution in [-0.2, 0) is 0 Å². The molecule has 0 saturated carbocycles. The summed E-state index contributed by atoms with van der Waals surface area (Å²) in [4.78, 5) is 19.7. The predicted molar refractivity (Wildman–Crippen MR) is 72.8 cm³/mol. The first-order valence-electron chi connectivity index (χ1n) is 5.95. The predicted octanol–water partition coefficient (Wildman–Crippen LogP) is 3.03. The molecule has 0 aliphatic heterocycles. The molecule has 8 heteroatoms. The van der Waals surface area contributed by atoms with Gasteiger partial charge < -0.3 is 0 Å². The van der Waals surface area contributed by atoms with Crippen LogP contribution in [0.15, 0.2) is 12.3 Å². The average molecular weight is 308 g/mol. The summed E-state index contributed by atoms with van der Waals surface area (Å²) in [5, 5.41) is -0.119. The van der Waals surface area contributed by atoms with Crippen molar-refractivity contribution in [3.63, 3.8) is 0 Å². The SMILES string of the molecule is Cc1nc2nc(Cl)nc(-c3cc(F)ncc3F)c2nc1C. The lowest BCUT2D eigenvalue weighted by Crippen LogP contribution is -2.01. The molecule has 0 bridgehead atoms. The molecule has 3 aromatic heterocycles. The standard InChI is InChI=1S/C13H8ClF2N5/c1-5-6(2)19-12-11(18-5)10(20-13(14)21-12)7-3-9(16)17-4-8(7)15/h3-4H,1-2H3. The van der Waals surface area contributed by atoms with Gasteiger partial charge >= 0.3 is 0 Å². The first kappa shape index (κ1) is 13.7. The molecule has 0 aliphatic rings. The van der Waals surface area contributed by atoms with Gasteiger partial charge in [0.05, 0.1) is 17.6 Å². The summed E-state index contributed by atoms with van der Waals surface area (Å²) < 4.78 is 27.2. The van der Waals surface area contributed by atoms with Crippen molar-refractivity contribution in [2.24, 2.45) is 0 Å². The van der Waals surface area contributed by atoms with E-state index in [9.17, 15) is 8.78 Å². The molecule has 3 heterocycles. The molecule has 106 valence electrons. The van der Waals surface area contributed by atoms with Crippen molar-refractivity contribution in [1.82, 2.24) is 24.9 Å². The Balaban J connectivity index is 2.41. The largest absolute Gasteiger partial charge is 0.246 e. The van der Waals surface area contributed by atoms with Crippen molar-refractivity contribution in [2.75, 3.05) is 0 Å². The maximum Gasteiger partial charge on any atom is 0.225 e. The van der Waals surface area contributed by atoms with Crippen molar-refractivity contribution in [1.29, 1.82) is 0 Å². The smallest absolute Gasteiger partial charge is 0.225 e. The molecular formula is C13H8ClF2N5. The zero-order chi connectivity index (χ0) is 15.1. The van der Waals surface area contributed by atoms with Gasteiger partial charge in [-0.1, -0.05) is 0 Å². The number of halogens is 3. The van der Waals surface area contributed by atoms with E-state index in [4.69, 9.17) is 11.6 Å². The minimum atomic E-state index is -0.828. The average Bonchev–Trinajstić information content (AvgIpc) is 2.43. The maximum atomic E-state index is 13.9. The summed E-state index contributed by atoms with van der Waals surface area (Å²) in [7, 11) is 0. The molecule has 21 heavy (non-hydrogen) atoms. The zero-order valence-corrected chi connectivity index (χ0v) is 11.8. The molecule has 3 rings (SSSR count). The van der Waals surface area contributed by atoms with Gasteiger partial charge in [0.15, 0.2) is 11.5 Å². The third kappa shape index (κ3) is 2.40. The lowest BCUT2D eigenvalue weighted by molar-refractivity contribution is 0.562. The fourth-order valence-electron chi connectivity index (χ4n) is 1.87. The van der Waals surface area contributed by atoms with Crippen LogP contribution < -0.4 is 0 Å². The zero-order valence-electron chi connectivity index (χ0n) is 11.0. The van der Waals surface area contributed by atoms with Crippen LogP contribution in [0.3, 0.4) is 0 Å². The summed E-state index contributed by atoms with van der Waals surface area (Å²) >= 11 is 5.84. The van der Waals surface area contributed by atoms with Gasteiger partial charge in [-0.25, -0.2) is 24.3 Å². The third-order valence-corrected chi connectivity index (χ3v) is 3.16. The lowest BCUT2D eigenvalue weighted by Gasteiger charge is -2.08. The molecule has 0 aromatic carbocycles. The number of nitrogens with zero attached hydrogens (tertiary/aromatic N) is 5. The van der Waals surface area contributed by atoms with Crippen LogP contribution in [0.2, 0.25) is 5.28 Å². The number of hydrogen-bond acceptors (Lipinski definition) is 5. The Kier molecular flexibility index (Phi) is 3.21. The van der Waals surface area contributed by atoms with Crippen LogP contribution in [0.4, 0.5) is 8.78 Å². The molecule has 5 nitrogen and oxygen atoms in total. The van der Waals surface area contributed by atoms with Gasteiger partial charge in [-0.2, -0.15) is 9.37 Å². The molecule has 0 aliphatic carbocycles. The minimum Gasteiger partial charge on any atom is -0.246 e. The summed E-state index contributed by atoms with van der Waals surface area (Å²) in [5.41, 5.74) is 1.79. The van der Waals surface area contributed by atoms with E-state index in [0.717, 1.165) is 12.3 Å². The molecular weight excluding hydrogens is 300 g/mol. The van der Waals surface area contributed by atoms with E-state index in [1.54, 1.807) is 13.8 Å². The van der Waals surface area contributed by atoms with Gasteiger partial charge in [0.1, 0.15) is 11.2 Å². The topological polar surface area (TPSA) is 64.5 Å². The first-order valence-corrected chi connectivity index (χ1v) is 6.33. The second kappa shape index (κ2) is 4.92. The van der Waals surface area contributed by atoms with Crippen molar-refractivity contribution in [3.05, 3.63) is 40.7 Å². The normalized spacial score (nSPS) is 11.1. The van der Waals surface area contributed by atoms with Gasteiger partial charge in [-0.05, 0) is 25.4 Å². The summed E-state index contributed by atoms with van der Waals surface area (Å²) in [6.45, 7) is 3.52. The fraction of sp³-hybridized carbons (Fsp3) is 0.154. The number of hydrogen-bond donors (Lipinski definition) is 0.